The Morgan fingerprint density at radius 3 is 2.83 bits per heavy atom. The molecule has 0 aliphatic carbocycles. The predicted molar refractivity (Wildman–Crippen MR) is 92.6 cm³/mol. The summed E-state index contributed by atoms with van der Waals surface area (Å²) in [7, 11) is 3.49. The minimum Gasteiger partial charge on any atom is -0.493 e. The zero-order valence-electron chi connectivity index (χ0n) is 13.5. The fourth-order valence-electron chi connectivity index (χ4n) is 1.95. The summed E-state index contributed by atoms with van der Waals surface area (Å²) in [5.74, 6) is 2.47. The maximum Gasteiger partial charge on any atom is 0.209 e. The van der Waals surface area contributed by atoms with Crippen LogP contribution in [0.15, 0.2) is 23.4 Å². The molecule has 23 heavy (non-hydrogen) atoms. The summed E-state index contributed by atoms with van der Waals surface area (Å²) in [6.45, 7) is 4.15. The number of aromatic nitrogens is 4. The van der Waals surface area contributed by atoms with Crippen molar-refractivity contribution >= 4 is 24.2 Å². The smallest absolute Gasteiger partial charge is 0.209 e. The molecule has 0 amide bonds. The van der Waals surface area contributed by atoms with E-state index in [9.17, 15) is 0 Å². The second kappa shape index (κ2) is 10.3. The molecule has 0 aliphatic rings. The number of tetrazole rings is 1. The molecule has 1 heterocycles. The van der Waals surface area contributed by atoms with Crippen LogP contribution in [-0.4, -0.2) is 46.2 Å². The van der Waals surface area contributed by atoms with Gasteiger partial charge in [0.2, 0.25) is 5.16 Å². The van der Waals surface area contributed by atoms with Crippen LogP contribution in [0.3, 0.4) is 0 Å². The fraction of sp³-hybridized carbons (Fsp3) is 0.500. The normalized spacial score (nSPS) is 10.2. The first-order valence-corrected chi connectivity index (χ1v) is 8.09. The van der Waals surface area contributed by atoms with E-state index in [0.717, 1.165) is 41.1 Å². The summed E-state index contributed by atoms with van der Waals surface area (Å²) in [6, 6.07) is 5.92. The van der Waals surface area contributed by atoms with E-state index in [1.54, 1.807) is 23.6 Å². The molecule has 0 radical (unpaired) electrons. The van der Waals surface area contributed by atoms with Gasteiger partial charge in [-0.25, -0.2) is 4.68 Å². The number of ether oxygens (including phenoxy) is 2. The molecule has 0 aliphatic heterocycles. The van der Waals surface area contributed by atoms with Crippen LogP contribution in [0.1, 0.15) is 12.5 Å². The molecule has 7 nitrogen and oxygen atoms in total. The van der Waals surface area contributed by atoms with Gasteiger partial charge in [-0.2, -0.15) is 0 Å². The Kier molecular flexibility index (Phi) is 8.75. The van der Waals surface area contributed by atoms with Crippen molar-refractivity contribution in [1.29, 1.82) is 0 Å². The highest BCUT2D eigenvalue weighted by Gasteiger charge is 2.09. The van der Waals surface area contributed by atoms with Crippen molar-refractivity contribution < 1.29 is 9.47 Å². The first-order valence-electron chi connectivity index (χ1n) is 7.10. The van der Waals surface area contributed by atoms with E-state index in [0.29, 0.717) is 6.61 Å². The molecule has 2 aromatic rings. The van der Waals surface area contributed by atoms with Gasteiger partial charge < -0.3 is 14.8 Å². The lowest BCUT2D eigenvalue weighted by molar-refractivity contribution is 0.307. The van der Waals surface area contributed by atoms with Crippen LogP contribution < -0.4 is 14.8 Å². The molecule has 0 fully saturated rings. The highest BCUT2D eigenvalue weighted by atomic mass is 35.5. The zero-order chi connectivity index (χ0) is 15.8. The molecule has 0 spiro atoms. The van der Waals surface area contributed by atoms with E-state index in [1.807, 2.05) is 32.2 Å². The molecular formula is C14H22ClN5O2S. The average Bonchev–Trinajstić information content (AvgIpc) is 2.93. The number of hydrogen-bond acceptors (Lipinski definition) is 7. The van der Waals surface area contributed by atoms with Crippen molar-refractivity contribution in [1.82, 2.24) is 25.5 Å². The van der Waals surface area contributed by atoms with Crippen LogP contribution >= 0.6 is 24.2 Å². The van der Waals surface area contributed by atoms with E-state index in [4.69, 9.17) is 9.47 Å². The molecule has 0 unspecified atom stereocenters. The van der Waals surface area contributed by atoms with Gasteiger partial charge >= 0.3 is 0 Å². The van der Waals surface area contributed by atoms with Gasteiger partial charge in [0.15, 0.2) is 11.5 Å². The molecule has 9 heteroatoms. The predicted octanol–water partition coefficient (Wildman–Crippen LogP) is 1.92. The minimum absolute atomic E-state index is 0. The van der Waals surface area contributed by atoms with E-state index < -0.39 is 0 Å². The molecule has 128 valence electrons. The van der Waals surface area contributed by atoms with Crippen LogP contribution in [0.25, 0.3) is 0 Å². The summed E-state index contributed by atoms with van der Waals surface area (Å²) in [5.41, 5.74) is 1.09. The Morgan fingerprint density at radius 2 is 2.17 bits per heavy atom. The molecule has 0 bridgehead atoms. The summed E-state index contributed by atoms with van der Waals surface area (Å²) in [6.07, 6.45) is 0. The summed E-state index contributed by atoms with van der Waals surface area (Å²) in [4.78, 5) is 0. The van der Waals surface area contributed by atoms with Crippen molar-refractivity contribution in [3.8, 4) is 11.5 Å². The highest BCUT2D eigenvalue weighted by molar-refractivity contribution is 7.99. The van der Waals surface area contributed by atoms with Crippen LogP contribution in [-0.2, 0) is 13.6 Å². The summed E-state index contributed by atoms with van der Waals surface area (Å²) < 4.78 is 12.7. The Balaban J connectivity index is 0.00000264. The van der Waals surface area contributed by atoms with Gasteiger partial charge in [-0.15, -0.1) is 17.5 Å². The molecule has 1 aromatic heterocycles. The Morgan fingerprint density at radius 1 is 1.35 bits per heavy atom. The van der Waals surface area contributed by atoms with Gasteiger partial charge in [-0.3, -0.25) is 0 Å². The van der Waals surface area contributed by atoms with Crippen molar-refractivity contribution in [2.45, 2.75) is 18.6 Å². The topological polar surface area (TPSA) is 74.1 Å². The van der Waals surface area contributed by atoms with E-state index >= 15 is 0 Å². The lowest BCUT2D eigenvalue weighted by Crippen LogP contribution is -2.17. The third-order valence-electron chi connectivity index (χ3n) is 2.98. The van der Waals surface area contributed by atoms with Crippen LogP contribution in [0.4, 0.5) is 0 Å². The quantitative estimate of drug-likeness (QED) is 0.541. The molecule has 2 rings (SSSR count). The lowest BCUT2D eigenvalue weighted by Gasteiger charge is -2.14. The summed E-state index contributed by atoms with van der Waals surface area (Å²) in [5, 5.41) is 15.6. The molecule has 1 N–H and O–H groups in total. The number of nitrogens with one attached hydrogen (secondary N) is 1. The lowest BCUT2D eigenvalue weighted by atomic mass is 10.2. The fourth-order valence-corrected chi connectivity index (χ4v) is 2.70. The van der Waals surface area contributed by atoms with Gasteiger partial charge in [0, 0.05) is 31.5 Å². The third-order valence-corrected chi connectivity index (χ3v) is 3.99. The van der Waals surface area contributed by atoms with Crippen LogP contribution in [0.2, 0.25) is 0 Å². The van der Waals surface area contributed by atoms with Crippen molar-refractivity contribution in [3.05, 3.63) is 23.8 Å². The second-order valence-corrected chi connectivity index (χ2v) is 5.55. The molecule has 0 saturated carbocycles. The number of methoxy groups -OCH3 is 1. The second-order valence-electron chi connectivity index (χ2n) is 4.49. The Hall–Kier alpha value is -1.51. The number of hydrogen-bond donors (Lipinski definition) is 1. The van der Waals surface area contributed by atoms with Crippen molar-refractivity contribution in [2.75, 3.05) is 26.0 Å². The molecule has 0 saturated heterocycles. The van der Waals surface area contributed by atoms with Gasteiger partial charge in [0.1, 0.15) is 0 Å². The largest absolute Gasteiger partial charge is 0.493 e. The van der Waals surface area contributed by atoms with Gasteiger partial charge in [-0.05, 0) is 23.4 Å². The SMILES string of the molecule is CCOc1c(CNCCSc2nnnn2C)cccc1OC.Cl. The zero-order valence-corrected chi connectivity index (χ0v) is 15.1. The maximum absolute atomic E-state index is 5.69. The van der Waals surface area contributed by atoms with Crippen LogP contribution in [0, 0.1) is 0 Å². The van der Waals surface area contributed by atoms with Crippen molar-refractivity contribution in [3.63, 3.8) is 0 Å². The third kappa shape index (κ3) is 5.56. The van der Waals surface area contributed by atoms with E-state index in [2.05, 4.69) is 20.8 Å². The van der Waals surface area contributed by atoms with E-state index in [-0.39, 0.29) is 12.4 Å². The monoisotopic (exact) mass is 359 g/mol. The number of benzene rings is 1. The van der Waals surface area contributed by atoms with Gasteiger partial charge in [0.05, 0.1) is 13.7 Å². The number of aryl methyl sites for hydroxylation is 1. The number of nitrogens with zero attached hydrogens (tertiary/aromatic N) is 4. The Labute approximate surface area is 146 Å². The van der Waals surface area contributed by atoms with E-state index in [1.165, 1.54) is 0 Å². The Bertz CT molecular complexity index is 596. The number of para-hydroxylation sites is 1. The number of thioether (sulfide) groups is 1. The summed E-state index contributed by atoms with van der Waals surface area (Å²) >= 11 is 1.62. The van der Waals surface area contributed by atoms with Gasteiger partial charge in [0.25, 0.3) is 0 Å². The standard InChI is InChI=1S/C14H21N5O2S.ClH/c1-4-21-13-11(6-5-7-12(13)20-3)10-15-8-9-22-14-16-17-18-19(14)2;/h5-7,15H,4,8-10H2,1-3H3;1H. The number of rotatable bonds is 9. The first kappa shape index (κ1) is 19.5. The minimum atomic E-state index is 0. The molecular weight excluding hydrogens is 338 g/mol. The van der Waals surface area contributed by atoms with Crippen molar-refractivity contribution in [2.24, 2.45) is 7.05 Å². The van der Waals surface area contributed by atoms with Gasteiger partial charge in [-0.1, -0.05) is 23.9 Å². The maximum atomic E-state index is 5.69. The molecule has 1 aromatic carbocycles. The van der Waals surface area contributed by atoms with Crippen LogP contribution in [0.5, 0.6) is 11.5 Å². The first-order chi connectivity index (χ1) is 10.8. The average molecular weight is 360 g/mol. The molecule has 0 atom stereocenters. The number of halogens is 1. The highest BCUT2D eigenvalue weighted by Crippen LogP contribution is 2.30.